The molecule has 5 nitrogen and oxygen atoms in total. The summed E-state index contributed by atoms with van der Waals surface area (Å²) in [5.41, 5.74) is 1.05. The topological polar surface area (TPSA) is 71.2 Å². The SMILES string of the molecule is Cc1ccc(-c2noc(CNCC(C)(C)O)n2)cc1Cl. The second-order valence-electron chi connectivity index (χ2n) is 5.39. The fraction of sp³-hybridized carbons (Fsp3) is 0.429. The van der Waals surface area contributed by atoms with E-state index in [2.05, 4.69) is 15.5 Å². The quantitative estimate of drug-likeness (QED) is 0.887. The second kappa shape index (κ2) is 5.91. The van der Waals surface area contributed by atoms with E-state index in [4.69, 9.17) is 16.1 Å². The van der Waals surface area contributed by atoms with Crippen molar-refractivity contribution in [3.05, 3.63) is 34.7 Å². The van der Waals surface area contributed by atoms with Crippen LogP contribution in [-0.2, 0) is 6.54 Å². The Morgan fingerprint density at radius 2 is 2.15 bits per heavy atom. The Labute approximate surface area is 123 Å². The number of rotatable bonds is 5. The first kappa shape index (κ1) is 15.0. The summed E-state index contributed by atoms with van der Waals surface area (Å²) in [6.45, 7) is 6.26. The minimum atomic E-state index is -0.771. The Bertz CT molecular complexity index is 590. The number of nitrogens with zero attached hydrogens (tertiary/aromatic N) is 2. The lowest BCUT2D eigenvalue weighted by Crippen LogP contribution is -2.34. The average Bonchev–Trinajstić information content (AvgIpc) is 2.80. The summed E-state index contributed by atoms with van der Waals surface area (Å²) >= 11 is 6.08. The van der Waals surface area contributed by atoms with E-state index in [-0.39, 0.29) is 0 Å². The maximum Gasteiger partial charge on any atom is 0.240 e. The molecule has 1 aromatic heterocycles. The second-order valence-corrected chi connectivity index (χ2v) is 5.80. The largest absolute Gasteiger partial charge is 0.389 e. The number of hydrogen-bond donors (Lipinski definition) is 2. The van der Waals surface area contributed by atoms with Gasteiger partial charge in [-0.2, -0.15) is 4.98 Å². The molecule has 0 spiro atoms. The van der Waals surface area contributed by atoms with Crippen molar-refractivity contribution in [2.45, 2.75) is 32.9 Å². The summed E-state index contributed by atoms with van der Waals surface area (Å²) in [7, 11) is 0. The van der Waals surface area contributed by atoms with Gasteiger partial charge in [0.15, 0.2) is 0 Å². The highest BCUT2D eigenvalue weighted by Crippen LogP contribution is 2.23. The molecule has 0 saturated carbocycles. The summed E-state index contributed by atoms with van der Waals surface area (Å²) in [6, 6.07) is 5.64. The fourth-order valence-corrected chi connectivity index (χ4v) is 1.83. The molecule has 1 aromatic carbocycles. The smallest absolute Gasteiger partial charge is 0.240 e. The van der Waals surface area contributed by atoms with Crippen LogP contribution in [0.3, 0.4) is 0 Å². The van der Waals surface area contributed by atoms with Crippen molar-refractivity contribution in [3.8, 4) is 11.4 Å². The fourth-order valence-electron chi connectivity index (χ4n) is 1.65. The van der Waals surface area contributed by atoms with E-state index in [0.717, 1.165) is 11.1 Å². The lowest BCUT2D eigenvalue weighted by atomic mass is 10.1. The number of benzene rings is 1. The van der Waals surface area contributed by atoms with Gasteiger partial charge in [-0.25, -0.2) is 0 Å². The molecular weight excluding hydrogens is 278 g/mol. The van der Waals surface area contributed by atoms with E-state index in [1.807, 2.05) is 25.1 Å². The van der Waals surface area contributed by atoms with Gasteiger partial charge in [-0.15, -0.1) is 0 Å². The molecule has 0 saturated heterocycles. The van der Waals surface area contributed by atoms with E-state index >= 15 is 0 Å². The first-order valence-electron chi connectivity index (χ1n) is 6.37. The Hall–Kier alpha value is -1.43. The molecule has 0 bridgehead atoms. The highest BCUT2D eigenvalue weighted by atomic mass is 35.5. The first-order chi connectivity index (χ1) is 9.35. The van der Waals surface area contributed by atoms with Gasteiger partial charge in [0, 0.05) is 17.1 Å². The Kier molecular flexibility index (Phi) is 4.42. The molecule has 2 rings (SSSR count). The Morgan fingerprint density at radius 1 is 1.40 bits per heavy atom. The van der Waals surface area contributed by atoms with Crippen molar-refractivity contribution < 1.29 is 9.63 Å². The Morgan fingerprint density at radius 3 is 2.80 bits per heavy atom. The van der Waals surface area contributed by atoms with Crippen LogP contribution < -0.4 is 5.32 Å². The predicted molar refractivity (Wildman–Crippen MR) is 77.5 cm³/mol. The molecule has 0 fully saturated rings. The first-order valence-corrected chi connectivity index (χ1v) is 6.75. The maximum absolute atomic E-state index is 9.59. The molecule has 0 aliphatic heterocycles. The van der Waals surface area contributed by atoms with Gasteiger partial charge in [0.25, 0.3) is 0 Å². The summed E-state index contributed by atoms with van der Waals surface area (Å²) in [4.78, 5) is 4.29. The minimum Gasteiger partial charge on any atom is -0.389 e. The molecule has 0 atom stereocenters. The van der Waals surface area contributed by atoms with E-state index in [1.54, 1.807) is 13.8 Å². The summed E-state index contributed by atoms with van der Waals surface area (Å²) in [6.07, 6.45) is 0. The molecule has 2 N–H and O–H groups in total. The van der Waals surface area contributed by atoms with Gasteiger partial charge in [-0.1, -0.05) is 28.9 Å². The van der Waals surface area contributed by atoms with Crippen molar-refractivity contribution in [3.63, 3.8) is 0 Å². The van der Waals surface area contributed by atoms with Crippen molar-refractivity contribution in [2.24, 2.45) is 0 Å². The van der Waals surface area contributed by atoms with Crippen molar-refractivity contribution >= 4 is 11.6 Å². The van der Waals surface area contributed by atoms with Crippen LogP contribution in [0.4, 0.5) is 0 Å². The molecule has 0 radical (unpaired) electrons. The summed E-state index contributed by atoms with van der Waals surface area (Å²) in [5.74, 6) is 0.980. The molecule has 0 aliphatic carbocycles. The Balaban J connectivity index is 2.03. The average molecular weight is 296 g/mol. The van der Waals surface area contributed by atoms with Gasteiger partial charge >= 0.3 is 0 Å². The van der Waals surface area contributed by atoms with Gasteiger partial charge < -0.3 is 14.9 Å². The van der Waals surface area contributed by atoms with Crippen LogP contribution >= 0.6 is 11.6 Å². The number of aliphatic hydroxyl groups is 1. The van der Waals surface area contributed by atoms with E-state index < -0.39 is 5.60 Å². The third-order valence-electron chi connectivity index (χ3n) is 2.73. The summed E-state index contributed by atoms with van der Waals surface area (Å²) in [5, 5.41) is 17.2. The number of aryl methyl sites for hydroxylation is 1. The van der Waals surface area contributed by atoms with Crippen LogP contribution in [0, 0.1) is 6.92 Å². The molecule has 2 aromatic rings. The lowest BCUT2D eigenvalue weighted by Gasteiger charge is -2.16. The zero-order chi connectivity index (χ0) is 14.8. The summed E-state index contributed by atoms with van der Waals surface area (Å²) < 4.78 is 5.16. The third-order valence-corrected chi connectivity index (χ3v) is 3.14. The van der Waals surface area contributed by atoms with Crippen LogP contribution in [0.15, 0.2) is 22.7 Å². The van der Waals surface area contributed by atoms with Crippen molar-refractivity contribution in [1.82, 2.24) is 15.5 Å². The predicted octanol–water partition coefficient (Wildman–Crippen LogP) is 2.56. The highest BCUT2D eigenvalue weighted by Gasteiger charge is 2.13. The van der Waals surface area contributed by atoms with Crippen LogP contribution in [0.5, 0.6) is 0 Å². The van der Waals surface area contributed by atoms with E-state index in [9.17, 15) is 5.11 Å². The van der Waals surface area contributed by atoms with Crippen LogP contribution in [0.1, 0.15) is 25.3 Å². The monoisotopic (exact) mass is 295 g/mol. The number of hydrogen-bond acceptors (Lipinski definition) is 5. The third kappa shape index (κ3) is 4.03. The van der Waals surface area contributed by atoms with Gasteiger partial charge in [0.05, 0.1) is 12.1 Å². The normalized spacial score (nSPS) is 11.8. The standard InChI is InChI=1S/C14H18ClN3O2/c1-9-4-5-10(6-11(9)15)13-17-12(20-18-13)7-16-8-14(2,3)19/h4-6,16,19H,7-8H2,1-3H3. The molecular formula is C14H18ClN3O2. The molecule has 0 aliphatic rings. The molecule has 1 heterocycles. The van der Waals surface area contributed by atoms with Crippen molar-refractivity contribution in [2.75, 3.05) is 6.54 Å². The lowest BCUT2D eigenvalue weighted by molar-refractivity contribution is 0.0787. The van der Waals surface area contributed by atoms with Gasteiger partial charge in [-0.05, 0) is 32.4 Å². The number of nitrogens with one attached hydrogen (secondary N) is 1. The zero-order valence-corrected chi connectivity index (χ0v) is 12.5. The molecule has 20 heavy (non-hydrogen) atoms. The highest BCUT2D eigenvalue weighted by molar-refractivity contribution is 6.31. The zero-order valence-electron chi connectivity index (χ0n) is 11.8. The van der Waals surface area contributed by atoms with Gasteiger partial charge in [0.1, 0.15) is 0 Å². The van der Waals surface area contributed by atoms with Gasteiger partial charge in [0.2, 0.25) is 11.7 Å². The number of halogens is 1. The van der Waals surface area contributed by atoms with Crippen LogP contribution in [-0.4, -0.2) is 27.4 Å². The molecule has 0 unspecified atom stereocenters. The van der Waals surface area contributed by atoms with Crippen molar-refractivity contribution in [1.29, 1.82) is 0 Å². The molecule has 108 valence electrons. The number of aromatic nitrogens is 2. The van der Waals surface area contributed by atoms with E-state index in [0.29, 0.717) is 29.8 Å². The van der Waals surface area contributed by atoms with Gasteiger partial charge in [-0.3, -0.25) is 0 Å². The maximum atomic E-state index is 9.59. The molecule has 0 amide bonds. The van der Waals surface area contributed by atoms with E-state index in [1.165, 1.54) is 0 Å². The van der Waals surface area contributed by atoms with Crippen LogP contribution in [0.25, 0.3) is 11.4 Å². The van der Waals surface area contributed by atoms with Crippen LogP contribution in [0.2, 0.25) is 5.02 Å². The molecule has 6 heteroatoms. The minimum absolute atomic E-state index is 0.413.